The molecule has 1 aromatic heterocycles. The molecule has 0 aliphatic carbocycles. The lowest BCUT2D eigenvalue weighted by atomic mass is 10.1. The van der Waals surface area contributed by atoms with Gasteiger partial charge in [-0.3, -0.25) is 4.98 Å². The van der Waals surface area contributed by atoms with Crippen molar-refractivity contribution < 1.29 is 9.18 Å². The fraction of sp³-hybridized carbons (Fsp3) is 0.200. The van der Waals surface area contributed by atoms with Crippen LogP contribution in [0.4, 0.5) is 14.9 Å². The van der Waals surface area contributed by atoms with Crippen LogP contribution in [0.25, 0.3) is 0 Å². The number of pyridine rings is 1. The second-order valence-electron chi connectivity index (χ2n) is 4.58. The summed E-state index contributed by atoms with van der Waals surface area (Å²) in [6.45, 7) is 0.514. The lowest BCUT2D eigenvalue weighted by molar-refractivity contribution is 0.223. The Hall–Kier alpha value is -2.14. The minimum absolute atomic E-state index is 0.119. The van der Waals surface area contributed by atoms with Crippen molar-refractivity contribution in [1.29, 1.82) is 0 Å². The molecule has 1 aromatic carbocycles. The lowest BCUT2D eigenvalue weighted by Gasteiger charge is -2.18. The smallest absolute Gasteiger partial charge is 0.321 e. The van der Waals surface area contributed by atoms with E-state index in [2.05, 4.69) is 10.3 Å². The van der Waals surface area contributed by atoms with E-state index >= 15 is 0 Å². The maximum Gasteiger partial charge on any atom is 0.321 e. The Labute approximate surface area is 127 Å². The molecular formula is C15H15ClFN3O. The Balaban J connectivity index is 1.88. The number of carbonyl (C=O) groups excluding carboxylic acids is 1. The summed E-state index contributed by atoms with van der Waals surface area (Å²) in [5.74, 6) is -0.558. The number of carbonyl (C=O) groups is 1. The van der Waals surface area contributed by atoms with E-state index in [0.29, 0.717) is 18.0 Å². The molecule has 0 radical (unpaired) electrons. The third-order valence-corrected chi connectivity index (χ3v) is 3.26. The summed E-state index contributed by atoms with van der Waals surface area (Å²) < 4.78 is 13.4. The summed E-state index contributed by atoms with van der Waals surface area (Å²) >= 11 is 5.81. The molecule has 0 aliphatic rings. The fourth-order valence-electron chi connectivity index (χ4n) is 1.74. The highest BCUT2D eigenvalue weighted by molar-refractivity contribution is 6.30. The highest BCUT2D eigenvalue weighted by Gasteiger charge is 2.11. The number of anilines is 1. The standard InChI is InChI=1S/C15H15ClFN3O/c1-20(9-7-11-2-4-12(16)5-3-11)15(21)19-14-6-8-18-10-13(14)17/h2-6,8,10H,7,9H2,1H3,(H,18,19,21). The molecule has 2 rings (SSSR count). The third kappa shape index (κ3) is 4.43. The van der Waals surface area contributed by atoms with Crippen molar-refractivity contribution in [3.63, 3.8) is 0 Å². The Morgan fingerprint density at radius 3 is 2.71 bits per heavy atom. The van der Waals surface area contributed by atoms with E-state index in [1.165, 1.54) is 17.2 Å². The number of halogens is 2. The van der Waals surface area contributed by atoms with Gasteiger partial charge in [0.05, 0.1) is 11.9 Å². The van der Waals surface area contributed by atoms with Crippen molar-refractivity contribution in [1.82, 2.24) is 9.88 Å². The van der Waals surface area contributed by atoms with Crippen LogP contribution in [0, 0.1) is 5.82 Å². The number of hydrogen-bond donors (Lipinski definition) is 1. The molecule has 0 spiro atoms. The second kappa shape index (κ2) is 7.04. The molecule has 1 heterocycles. The number of benzene rings is 1. The summed E-state index contributed by atoms with van der Waals surface area (Å²) in [4.78, 5) is 17.1. The Kier molecular flexibility index (Phi) is 5.11. The Bertz CT molecular complexity index is 619. The molecule has 110 valence electrons. The molecule has 0 atom stereocenters. The molecule has 1 N–H and O–H groups in total. The molecule has 0 bridgehead atoms. The number of urea groups is 1. The number of aromatic nitrogens is 1. The largest absolute Gasteiger partial charge is 0.327 e. The predicted molar refractivity (Wildman–Crippen MR) is 81.0 cm³/mol. The maximum absolute atomic E-state index is 13.4. The van der Waals surface area contributed by atoms with Crippen molar-refractivity contribution in [3.05, 3.63) is 59.1 Å². The average molecular weight is 308 g/mol. The van der Waals surface area contributed by atoms with Gasteiger partial charge in [0.15, 0.2) is 5.82 Å². The quantitative estimate of drug-likeness (QED) is 0.938. The molecular weight excluding hydrogens is 293 g/mol. The van der Waals surface area contributed by atoms with Gasteiger partial charge in [0, 0.05) is 24.8 Å². The predicted octanol–water partition coefficient (Wildman–Crippen LogP) is 3.58. The summed E-state index contributed by atoms with van der Waals surface area (Å²) in [6, 6.07) is 8.49. The first-order valence-electron chi connectivity index (χ1n) is 6.42. The minimum atomic E-state index is -0.558. The molecule has 0 saturated heterocycles. The van der Waals surface area contributed by atoms with E-state index < -0.39 is 5.82 Å². The van der Waals surface area contributed by atoms with Gasteiger partial charge < -0.3 is 10.2 Å². The number of amides is 2. The van der Waals surface area contributed by atoms with Crippen LogP contribution in [0.3, 0.4) is 0 Å². The van der Waals surface area contributed by atoms with Gasteiger partial charge in [0.1, 0.15) is 0 Å². The number of likely N-dealkylation sites (N-methyl/N-ethyl adjacent to an activating group) is 1. The zero-order valence-corrected chi connectivity index (χ0v) is 12.3. The number of nitrogens with zero attached hydrogens (tertiary/aromatic N) is 2. The summed E-state index contributed by atoms with van der Waals surface area (Å²) in [7, 11) is 1.66. The monoisotopic (exact) mass is 307 g/mol. The summed E-state index contributed by atoms with van der Waals surface area (Å²) in [5, 5.41) is 3.18. The lowest BCUT2D eigenvalue weighted by Crippen LogP contribution is -2.33. The van der Waals surface area contributed by atoms with Crippen molar-refractivity contribution in [3.8, 4) is 0 Å². The van der Waals surface area contributed by atoms with E-state index in [9.17, 15) is 9.18 Å². The van der Waals surface area contributed by atoms with Crippen molar-refractivity contribution in [2.24, 2.45) is 0 Å². The normalized spacial score (nSPS) is 10.2. The Morgan fingerprint density at radius 1 is 1.33 bits per heavy atom. The van der Waals surface area contributed by atoms with Crippen molar-refractivity contribution in [2.75, 3.05) is 18.9 Å². The summed E-state index contributed by atoms with van der Waals surface area (Å²) in [6.07, 6.45) is 3.18. The van der Waals surface area contributed by atoms with Gasteiger partial charge in [0.2, 0.25) is 0 Å². The van der Waals surface area contributed by atoms with Gasteiger partial charge in [-0.05, 0) is 30.2 Å². The van der Waals surface area contributed by atoms with Crippen molar-refractivity contribution in [2.45, 2.75) is 6.42 Å². The van der Waals surface area contributed by atoms with Crippen molar-refractivity contribution >= 4 is 23.3 Å². The third-order valence-electron chi connectivity index (χ3n) is 3.01. The first-order valence-corrected chi connectivity index (χ1v) is 6.80. The second-order valence-corrected chi connectivity index (χ2v) is 5.02. The van der Waals surface area contributed by atoms with Crippen LogP contribution in [0.1, 0.15) is 5.56 Å². The fourth-order valence-corrected chi connectivity index (χ4v) is 1.86. The molecule has 6 heteroatoms. The SMILES string of the molecule is CN(CCc1ccc(Cl)cc1)C(=O)Nc1ccncc1F. The molecule has 0 fully saturated rings. The van der Waals surface area contributed by atoms with Crippen LogP contribution in [0.2, 0.25) is 5.02 Å². The van der Waals surface area contributed by atoms with Crippen LogP contribution in [-0.4, -0.2) is 29.5 Å². The van der Waals surface area contributed by atoms with E-state index in [-0.39, 0.29) is 11.7 Å². The van der Waals surface area contributed by atoms with Crippen LogP contribution >= 0.6 is 11.6 Å². The minimum Gasteiger partial charge on any atom is -0.327 e. The molecule has 4 nitrogen and oxygen atoms in total. The molecule has 0 saturated carbocycles. The average Bonchev–Trinajstić information content (AvgIpc) is 2.48. The van der Waals surface area contributed by atoms with Gasteiger partial charge in [-0.25, -0.2) is 9.18 Å². The van der Waals surface area contributed by atoms with Crippen LogP contribution in [0.15, 0.2) is 42.7 Å². The molecule has 0 aliphatic heterocycles. The van der Waals surface area contributed by atoms with Gasteiger partial charge in [0.25, 0.3) is 0 Å². The van der Waals surface area contributed by atoms with E-state index in [1.807, 2.05) is 24.3 Å². The Morgan fingerprint density at radius 2 is 2.05 bits per heavy atom. The number of hydrogen-bond acceptors (Lipinski definition) is 2. The first kappa shape index (κ1) is 15.3. The zero-order valence-electron chi connectivity index (χ0n) is 11.5. The highest BCUT2D eigenvalue weighted by atomic mass is 35.5. The molecule has 0 unspecified atom stereocenters. The maximum atomic E-state index is 13.4. The van der Waals surface area contributed by atoms with Gasteiger partial charge in [-0.15, -0.1) is 0 Å². The van der Waals surface area contributed by atoms with Gasteiger partial charge in [-0.1, -0.05) is 23.7 Å². The van der Waals surface area contributed by atoms with Gasteiger partial charge in [-0.2, -0.15) is 0 Å². The van der Waals surface area contributed by atoms with E-state index in [4.69, 9.17) is 11.6 Å². The molecule has 2 amide bonds. The van der Waals surface area contributed by atoms with E-state index in [1.54, 1.807) is 7.05 Å². The zero-order chi connectivity index (χ0) is 15.2. The van der Waals surface area contributed by atoms with Gasteiger partial charge >= 0.3 is 6.03 Å². The van der Waals surface area contributed by atoms with Crippen LogP contribution in [-0.2, 0) is 6.42 Å². The topological polar surface area (TPSA) is 45.2 Å². The molecule has 21 heavy (non-hydrogen) atoms. The molecule has 2 aromatic rings. The van der Waals surface area contributed by atoms with Crippen LogP contribution < -0.4 is 5.32 Å². The highest BCUT2D eigenvalue weighted by Crippen LogP contribution is 2.12. The first-order chi connectivity index (χ1) is 10.1. The summed E-state index contributed by atoms with van der Waals surface area (Å²) in [5.41, 5.74) is 1.20. The number of rotatable bonds is 4. The number of nitrogens with one attached hydrogen (secondary N) is 1. The van der Waals surface area contributed by atoms with E-state index in [0.717, 1.165) is 11.8 Å². The van der Waals surface area contributed by atoms with Crippen LogP contribution in [0.5, 0.6) is 0 Å².